The van der Waals surface area contributed by atoms with E-state index in [0.717, 1.165) is 19.4 Å². The van der Waals surface area contributed by atoms with Gasteiger partial charge in [-0.15, -0.1) is 0 Å². The second kappa shape index (κ2) is 6.16. The average molecular weight is 253 g/mol. The second-order valence-electron chi connectivity index (χ2n) is 4.74. The van der Waals surface area contributed by atoms with Gasteiger partial charge < -0.3 is 14.8 Å². The number of hydrogen-bond donors (Lipinski definition) is 1. The lowest BCUT2D eigenvalue weighted by Gasteiger charge is -2.28. The first-order chi connectivity index (χ1) is 8.69. The number of hydrogen-bond acceptors (Lipinski definition) is 3. The molecule has 1 aromatic rings. The van der Waals surface area contributed by atoms with Gasteiger partial charge in [0.25, 0.3) is 0 Å². The molecule has 1 aromatic carbocycles. The minimum Gasteiger partial charge on any atom is -0.497 e. The van der Waals surface area contributed by atoms with Crippen molar-refractivity contribution in [1.82, 2.24) is 5.32 Å². The lowest BCUT2D eigenvalue weighted by Crippen LogP contribution is -2.37. The molecule has 100 valence electrons. The topological polar surface area (TPSA) is 30.5 Å². The molecule has 1 heterocycles. The first-order valence-electron chi connectivity index (χ1n) is 6.36. The molecule has 4 heteroatoms. The summed E-state index contributed by atoms with van der Waals surface area (Å²) in [6.45, 7) is 3.40. The van der Waals surface area contributed by atoms with Crippen LogP contribution >= 0.6 is 0 Å². The molecule has 1 aliphatic heterocycles. The molecule has 0 spiro atoms. The van der Waals surface area contributed by atoms with E-state index in [1.165, 1.54) is 13.2 Å². The third kappa shape index (κ3) is 3.43. The van der Waals surface area contributed by atoms with Gasteiger partial charge in [-0.25, -0.2) is 4.39 Å². The molecule has 1 saturated heterocycles. The van der Waals surface area contributed by atoms with Gasteiger partial charge in [0.15, 0.2) is 0 Å². The van der Waals surface area contributed by atoms with Gasteiger partial charge in [-0.05, 0) is 25.8 Å². The van der Waals surface area contributed by atoms with Crippen LogP contribution in [0.15, 0.2) is 18.2 Å². The maximum absolute atomic E-state index is 13.7. The fourth-order valence-corrected chi connectivity index (χ4v) is 2.24. The SMILES string of the molecule is COc1ccc(CNC2CCOC(C)C2)c(F)c1. The standard InChI is InChI=1S/C14H20FNO2/c1-10-7-12(5-6-18-10)16-9-11-3-4-13(17-2)8-14(11)15/h3-4,8,10,12,16H,5-7,9H2,1-2H3. The van der Waals surface area contributed by atoms with Crippen LogP contribution in [-0.4, -0.2) is 25.9 Å². The van der Waals surface area contributed by atoms with E-state index in [9.17, 15) is 4.39 Å². The number of benzene rings is 1. The number of nitrogens with one attached hydrogen (secondary N) is 1. The molecular weight excluding hydrogens is 233 g/mol. The van der Waals surface area contributed by atoms with E-state index < -0.39 is 0 Å². The second-order valence-corrected chi connectivity index (χ2v) is 4.74. The zero-order valence-corrected chi connectivity index (χ0v) is 10.9. The van der Waals surface area contributed by atoms with Crippen molar-refractivity contribution >= 4 is 0 Å². The molecule has 0 bridgehead atoms. The van der Waals surface area contributed by atoms with Crippen LogP contribution in [0.5, 0.6) is 5.75 Å². The Labute approximate surface area is 107 Å². The molecular formula is C14H20FNO2. The Bertz CT molecular complexity index is 397. The maximum Gasteiger partial charge on any atom is 0.131 e. The van der Waals surface area contributed by atoms with Crippen molar-refractivity contribution in [2.45, 2.75) is 38.5 Å². The average Bonchev–Trinajstić information content (AvgIpc) is 2.37. The molecule has 1 fully saturated rings. The Balaban J connectivity index is 1.89. The predicted molar refractivity (Wildman–Crippen MR) is 68.2 cm³/mol. The van der Waals surface area contributed by atoms with Crippen molar-refractivity contribution in [3.63, 3.8) is 0 Å². The highest BCUT2D eigenvalue weighted by molar-refractivity contribution is 5.28. The molecule has 0 aromatic heterocycles. The van der Waals surface area contributed by atoms with E-state index >= 15 is 0 Å². The molecule has 18 heavy (non-hydrogen) atoms. The van der Waals surface area contributed by atoms with Crippen LogP contribution in [0.2, 0.25) is 0 Å². The van der Waals surface area contributed by atoms with Crippen LogP contribution in [-0.2, 0) is 11.3 Å². The minimum atomic E-state index is -0.220. The van der Waals surface area contributed by atoms with E-state index in [4.69, 9.17) is 9.47 Å². The third-order valence-corrected chi connectivity index (χ3v) is 3.33. The molecule has 1 aliphatic rings. The minimum absolute atomic E-state index is 0.220. The first kappa shape index (κ1) is 13.3. The summed E-state index contributed by atoms with van der Waals surface area (Å²) in [6.07, 6.45) is 2.26. The molecule has 0 aliphatic carbocycles. The summed E-state index contributed by atoms with van der Waals surface area (Å²) in [7, 11) is 1.54. The highest BCUT2D eigenvalue weighted by Gasteiger charge is 2.18. The van der Waals surface area contributed by atoms with Crippen molar-refractivity contribution in [1.29, 1.82) is 0 Å². The monoisotopic (exact) mass is 253 g/mol. The van der Waals surface area contributed by atoms with Crippen LogP contribution in [0, 0.1) is 5.82 Å². The number of halogens is 1. The number of ether oxygens (including phenoxy) is 2. The number of methoxy groups -OCH3 is 1. The normalized spacial score (nSPS) is 23.9. The van der Waals surface area contributed by atoms with E-state index in [1.54, 1.807) is 12.1 Å². The van der Waals surface area contributed by atoms with Crippen LogP contribution in [0.3, 0.4) is 0 Å². The quantitative estimate of drug-likeness (QED) is 0.894. The predicted octanol–water partition coefficient (Wildman–Crippen LogP) is 2.49. The highest BCUT2D eigenvalue weighted by atomic mass is 19.1. The molecule has 1 N–H and O–H groups in total. The Morgan fingerprint density at radius 2 is 2.33 bits per heavy atom. The summed E-state index contributed by atoms with van der Waals surface area (Å²) in [5, 5.41) is 3.39. The van der Waals surface area contributed by atoms with Crippen molar-refractivity contribution in [3.8, 4) is 5.75 Å². The fraction of sp³-hybridized carbons (Fsp3) is 0.571. The Kier molecular flexibility index (Phi) is 4.55. The number of rotatable bonds is 4. The van der Waals surface area contributed by atoms with Crippen molar-refractivity contribution in [3.05, 3.63) is 29.6 Å². The van der Waals surface area contributed by atoms with Gasteiger partial charge in [-0.3, -0.25) is 0 Å². The summed E-state index contributed by atoms with van der Waals surface area (Å²) in [6, 6.07) is 5.38. The molecule has 0 amide bonds. The maximum atomic E-state index is 13.7. The van der Waals surface area contributed by atoms with Crippen LogP contribution in [0.1, 0.15) is 25.3 Å². The zero-order valence-electron chi connectivity index (χ0n) is 10.9. The molecule has 3 nitrogen and oxygen atoms in total. The molecule has 2 unspecified atom stereocenters. The fourth-order valence-electron chi connectivity index (χ4n) is 2.24. The zero-order chi connectivity index (χ0) is 13.0. The van der Waals surface area contributed by atoms with Gasteiger partial charge in [0, 0.05) is 30.8 Å². The van der Waals surface area contributed by atoms with E-state index in [2.05, 4.69) is 12.2 Å². The van der Waals surface area contributed by atoms with Crippen molar-refractivity contribution in [2.75, 3.05) is 13.7 Å². The van der Waals surface area contributed by atoms with Gasteiger partial charge in [0.1, 0.15) is 11.6 Å². The molecule has 0 radical (unpaired) electrons. The smallest absolute Gasteiger partial charge is 0.131 e. The summed E-state index contributed by atoms with van der Waals surface area (Å²) in [4.78, 5) is 0. The highest BCUT2D eigenvalue weighted by Crippen LogP contribution is 2.18. The van der Waals surface area contributed by atoms with Gasteiger partial charge >= 0.3 is 0 Å². The van der Waals surface area contributed by atoms with Crippen molar-refractivity contribution < 1.29 is 13.9 Å². The van der Waals surface area contributed by atoms with Crippen LogP contribution < -0.4 is 10.1 Å². The summed E-state index contributed by atoms with van der Waals surface area (Å²) < 4.78 is 24.2. The Morgan fingerprint density at radius 3 is 3.00 bits per heavy atom. The molecule has 0 saturated carbocycles. The lowest BCUT2D eigenvalue weighted by atomic mass is 10.0. The van der Waals surface area contributed by atoms with E-state index in [-0.39, 0.29) is 11.9 Å². The third-order valence-electron chi connectivity index (χ3n) is 3.33. The van der Waals surface area contributed by atoms with E-state index in [1.807, 2.05) is 0 Å². The van der Waals surface area contributed by atoms with Crippen LogP contribution in [0.4, 0.5) is 4.39 Å². The first-order valence-corrected chi connectivity index (χ1v) is 6.36. The van der Waals surface area contributed by atoms with Crippen molar-refractivity contribution in [2.24, 2.45) is 0 Å². The van der Waals surface area contributed by atoms with E-state index in [0.29, 0.717) is 23.9 Å². The summed E-state index contributed by atoms with van der Waals surface area (Å²) in [5.41, 5.74) is 0.676. The van der Waals surface area contributed by atoms with Gasteiger partial charge in [0.05, 0.1) is 13.2 Å². The van der Waals surface area contributed by atoms with Crippen LogP contribution in [0.25, 0.3) is 0 Å². The van der Waals surface area contributed by atoms with Gasteiger partial charge in [-0.2, -0.15) is 0 Å². The van der Waals surface area contributed by atoms with Gasteiger partial charge in [-0.1, -0.05) is 6.07 Å². The Morgan fingerprint density at radius 1 is 1.50 bits per heavy atom. The van der Waals surface area contributed by atoms with Gasteiger partial charge in [0.2, 0.25) is 0 Å². The summed E-state index contributed by atoms with van der Waals surface area (Å²) >= 11 is 0. The summed E-state index contributed by atoms with van der Waals surface area (Å²) in [5.74, 6) is 0.331. The molecule has 2 rings (SSSR count). The lowest BCUT2D eigenvalue weighted by molar-refractivity contribution is 0.0130. The molecule has 2 atom stereocenters. The Hall–Kier alpha value is -1.13. The largest absolute Gasteiger partial charge is 0.497 e.